The van der Waals surface area contributed by atoms with E-state index in [-0.39, 0.29) is 0 Å². The van der Waals surface area contributed by atoms with Crippen LogP contribution in [0.5, 0.6) is 5.75 Å². The molecule has 17 heavy (non-hydrogen) atoms. The summed E-state index contributed by atoms with van der Waals surface area (Å²) in [6.45, 7) is 0. The number of nitrogens with zero attached hydrogens (tertiary/aromatic N) is 3. The van der Waals surface area contributed by atoms with Crippen LogP contribution in [-0.2, 0) is 0 Å². The summed E-state index contributed by atoms with van der Waals surface area (Å²) < 4.78 is 5.29. The Morgan fingerprint density at radius 2 is 2.00 bits per heavy atom. The molecular formula is C12H18ClN3O. The summed E-state index contributed by atoms with van der Waals surface area (Å²) in [4.78, 5) is 10.4. The molecule has 2 rings (SSSR count). The van der Waals surface area contributed by atoms with Crippen LogP contribution in [-0.4, -0.2) is 30.2 Å². The first kappa shape index (κ1) is 12.4. The van der Waals surface area contributed by atoms with E-state index < -0.39 is 0 Å². The Hall–Kier alpha value is -1.03. The lowest BCUT2D eigenvalue weighted by atomic mass is 9.94. The smallest absolute Gasteiger partial charge is 0.199 e. The summed E-state index contributed by atoms with van der Waals surface area (Å²) in [5.74, 6) is 1.36. The van der Waals surface area contributed by atoms with Crippen LogP contribution >= 0.6 is 11.6 Å². The van der Waals surface area contributed by atoms with Crippen molar-refractivity contribution in [3.8, 4) is 5.75 Å². The molecule has 0 amide bonds. The highest BCUT2D eigenvalue weighted by molar-refractivity contribution is 6.31. The topological polar surface area (TPSA) is 38.3 Å². The van der Waals surface area contributed by atoms with Crippen molar-refractivity contribution in [2.45, 2.75) is 38.1 Å². The van der Waals surface area contributed by atoms with Crippen molar-refractivity contribution >= 4 is 17.4 Å². The summed E-state index contributed by atoms with van der Waals surface area (Å²) >= 11 is 6.01. The first-order valence-corrected chi connectivity index (χ1v) is 6.39. The highest BCUT2D eigenvalue weighted by Gasteiger charge is 2.23. The van der Waals surface area contributed by atoms with Gasteiger partial charge in [-0.15, -0.1) is 0 Å². The molecular weight excluding hydrogens is 238 g/mol. The van der Waals surface area contributed by atoms with Gasteiger partial charge < -0.3 is 9.64 Å². The largest absolute Gasteiger partial charge is 0.490 e. The maximum absolute atomic E-state index is 6.01. The average Bonchev–Trinajstić information content (AvgIpc) is 2.38. The van der Waals surface area contributed by atoms with E-state index in [1.54, 1.807) is 7.11 Å². The van der Waals surface area contributed by atoms with Gasteiger partial charge in [-0.2, -0.15) is 0 Å². The van der Waals surface area contributed by atoms with E-state index in [0.29, 0.717) is 16.9 Å². The first-order valence-electron chi connectivity index (χ1n) is 6.01. The fraction of sp³-hybridized carbons (Fsp3) is 0.667. The molecule has 1 aliphatic rings. The standard InChI is InChI=1S/C12H18ClN3O/c1-16(9-6-4-3-5-7-9)12-10(17-2)11(13)14-8-15-12/h8-9H,3-7H2,1-2H3. The quantitative estimate of drug-likeness (QED) is 0.779. The zero-order valence-corrected chi connectivity index (χ0v) is 11.1. The van der Waals surface area contributed by atoms with Gasteiger partial charge in [0.1, 0.15) is 6.33 Å². The SMILES string of the molecule is COc1c(Cl)ncnc1N(C)C1CCCCC1. The third kappa shape index (κ3) is 2.63. The van der Waals surface area contributed by atoms with Crippen LogP contribution in [0.25, 0.3) is 0 Å². The van der Waals surface area contributed by atoms with Gasteiger partial charge in [0.25, 0.3) is 0 Å². The summed E-state index contributed by atoms with van der Waals surface area (Å²) in [6.07, 6.45) is 7.82. The molecule has 0 aromatic carbocycles. The molecule has 4 nitrogen and oxygen atoms in total. The van der Waals surface area contributed by atoms with Crippen molar-refractivity contribution in [1.29, 1.82) is 0 Å². The third-order valence-corrected chi connectivity index (χ3v) is 3.67. The van der Waals surface area contributed by atoms with Crippen molar-refractivity contribution in [2.24, 2.45) is 0 Å². The van der Waals surface area contributed by atoms with E-state index in [9.17, 15) is 0 Å². The molecule has 1 aromatic rings. The average molecular weight is 256 g/mol. The van der Waals surface area contributed by atoms with Gasteiger partial charge in [0.2, 0.25) is 0 Å². The summed E-state index contributed by atoms with van der Waals surface area (Å²) in [7, 11) is 3.65. The third-order valence-electron chi connectivity index (χ3n) is 3.40. The summed E-state index contributed by atoms with van der Waals surface area (Å²) in [6, 6.07) is 0.531. The maximum atomic E-state index is 6.01. The summed E-state index contributed by atoms with van der Waals surface area (Å²) in [5.41, 5.74) is 0. The van der Waals surface area contributed by atoms with Gasteiger partial charge in [-0.05, 0) is 12.8 Å². The zero-order chi connectivity index (χ0) is 12.3. The number of methoxy groups -OCH3 is 1. The molecule has 0 N–H and O–H groups in total. The Balaban J connectivity index is 2.23. The van der Waals surface area contributed by atoms with Crippen molar-refractivity contribution in [2.75, 3.05) is 19.1 Å². The van der Waals surface area contributed by atoms with Crippen LogP contribution in [0, 0.1) is 0 Å². The molecule has 0 spiro atoms. The molecule has 1 saturated carbocycles. The molecule has 0 unspecified atom stereocenters. The molecule has 0 bridgehead atoms. The van der Waals surface area contributed by atoms with Gasteiger partial charge in [0.05, 0.1) is 7.11 Å². The van der Waals surface area contributed by atoms with E-state index in [4.69, 9.17) is 16.3 Å². The number of rotatable bonds is 3. The van der Waals surface area contributed by atoms with Gasteiger partial charge in [-0.25, -0.2) is 9.97 Å². The maximum Gasteiger partial charge on any atom is 0.199 e. The normalized spacial score (nSPS) is 16.9. The zero-order valence-electron chi connectivity index (χ0n) is 10.3. The van der Waals surface area contributed by atoms with Crippen molar-refractivity contribution in [3.05, 3.63) is 11.5 Å². The van der Waals surface area contributed by atoms with Crippen LogP contribution in [0.15, 0.2) is 6.33 Å². The van der Waals surface area contributed by atoms with Crippen LogP contribution in [0.2, 0.25) is 5.15 Å². The molecule has 1 heterocycles. The van der Waals surface area contributed by atoms with Crippen molar-refractivity contribution in [3.63, 3.8) is 0 Å². The monoisotopic (exact) mass is 255 g/mol. The minimum absolute atomic E-state index is 0.375. The number of anilines is 1. The second kappa shape index (κ2) is 5.54. The molecule has 5 heteroatoms. The van der Waals surface area contributed by atoms with Gasteiger partial charge in [-0.1, -0.05) is 30.9 Å². The van der Waals surface area contributed by atoms with E-state index in [1.807, 2.05) is 0 Å². The molecule has 0 aliphatic heterocycles. The molecule has 1 aliphatic carbocycles. The van der Waals surface area contributed by atoms with Crippen LogP contribution < -0.4 is 9.64 Å². The second-order valence-corrected chi connectivity index (χ2v) is 4.78. The highest BCUT2D eigenvalue weighted by atomic mass is 35.5. The van der Waals surface area contributed by atoms with Gasteiger partial charge >= 0.3 is 0 Å². The van der Waals surface area contributed by atoms with Gasteiger partial charge in [-0.3, -0.25) is 0 Å². The van der Waals surface area contributed by atoms with E-state index in [2.05, 4.69) is 21.9 Å². The Kier molecular flexibility index (Phi) is 4.05. The molecule has 94 valence electrons. The summed E-state index contributed by atoms with van der Waals surface area (Å²) in [5, 5.41) is 0.375. The Morgan fingerprint density at radius 3 is 2.65 bits per heavy atom. The highest BCUT2D eigenvalue weighted by Crippen LogP contribution is 2.34. The van der Waals surface area contributed by atoms with Crippen molar-refractivity contribution in [1.82, 2.24) is 9.97 Å². The van der Waals surface area contributed by atoms with Crippen LogP contribution in [0.3, 0.4) is 0 Å². The fourth-order valence-electron chi connectivity index (χ4n) is 2.41. The van der Waals surface area contributed by atoms with Crippen molar-refractivity contribution < 1.29 is 4.74 Å². The lowest BCUT2D eigenvalue weighted by Gasteiger charge is -2.32. The predicted molar refractivity (Wildman–Crippen MR) is 68.9 cm³/mol. The van der Waals surface area contributed by atoms with Gasteiger partial charge in [0, 0.05) is 13.1 Å². The minimum Gasteiger partial charge on any atom is -0.490 e. The lowest BCUT2D eigenvalue weighted by Crippen LogP contribution is -2.34. The Bertz CT molecular complexity index is 380. The number of hydrogen-bond acceptors (Lipinski definition) is 4. The van der Waals surface area contributed by atoms with E-state index in [1.165, 1.54) is 38.4 Å². The van der Waals surface area contributed by atoms with Crippen LogP contribution in [0.1, 0.15) is 32.1 Å². The first-order chi connectivity index (χ1) is 8.24. The number of hydrogen-bond donors (Lipinski definition) is 0. The molecule has 0 atom stereocenters. The lowest BCUT2D eigenvalue weighted by molar-refractivity contribution is 0.397. The second-order valence-electron chi connectivity index (χ2n) is 4.42. The van der Waals surface area contributed by atoms with E-state index >= 15 is 0 Å². The van der Waals surface area contributed by atoms with Gasteiger partial charge in [0.15, 0.2) is 16.7 Å². The number of aromatic nitrogens is 2. The molecule has 0 saturated heterocycles. The van der Waals surface area contributed by atoms with E-state index in [0.717, 1.165) is 5.82 Å². The predicted octanol–water partition coefficient (Wildman–Crippen LogP) is 2.91. The number of halogens is 1. The Morgan fingerprint density at radius 1 is 1.29 bits per heavy atom. The molecule has 0 radical (unpaired) electrons. The number of ether oxygens (including phenoxy) is 1. The van der Waals surface area contributed by atoms with Crippen LogP contribution in [0.4, 0.5) is 5.82 Å². The fourth-order valence-corrected chi connectivity index (χ4v) is 2.62. The molecule has 1 aromatic heterocycles. The Labute approximate surface area is 107 Å². The molecule has 1 fully saturated rings. The minimum atomic E-state index is 0.375.